The van der Waals surface area contributed by atoms with E-state index in [2.05, 4.69) is 4.72 Å². The van der Waals surface area contributed by atoms with Crippen LogP contribution in [-0.4, -0.2) is 19.2 Å². The molecule has 0 amide bonds. The van der Waals surface area contributed by atoms with Gasteiger partial charge in [-0.15, -0.1) is 0 Å². The van der Waals surface area contributed by atoms with Gasteiger partial charge in [0.05, 0.1) is 11.4 Å². The molecule has 0 saturated carbocycles. The highest BCUT2D eigenvalue weighted by Gasteiger charge is 2.12. The Kier molecular flexibility index (Phi) is 4.89. The van der Waals surface area contributed by atoms with Crippen LogP contribution in [0.2, 0.25) is 0 Å². The molecule has 17 heavy (non-hydrogen) atoms. The van der Waals surface area contributed by atoms with Crippen molar-refractivity contribution in [3.63, 3.8) is 0 Å². The SMILES string of the molecule is CCCCS(=O)(=O)Nc1ccccc1C(N)=S. The van der Waals surface area contributed by atoms with Crippen LogP contribution in [0.5, 0.6) is 0 Å². The highest BCUT2D eigenvalue weighted by Crippen LogP contribution is 2.16. The Labute approximate surface area is 107 Å². The van der Waals surface area contributed by atoms with E-state index in [1.54, 1.807) is 24.3 Å². The smallest absolute Gasteiger partial charge is 0.232 e. The third-order valence-corrected chi connectivity index (χ3v) is 3.80. The van der Waals surface area contributed by atoms with Gasteiger partial charge >= 0.3 is 0 Å². The first kappa shape index (κ1) is 13.9. The molecule has 0 radical (unpaired) electrons. The van der Waals surface area contributed by atoms with Crippen LogP contribution >= 0.6 is 12.2 Å². The normalized spacial score (nSPS) is 11.1. The first-order chi connectivity index (χ1) is 7.96. The first-order valence-electron chi connectivity index (χ1n) is 5.35. The number of hydrogen-bond donors (Lipinski definition) is 2. The predicted octanol–water partition coefficient (Wildman–Crippen LogP) is 1.86. The van der Waals surface area contributed by atoms with Gasteiger partial charge in [-0.25, -0.2) is 8.42 Å². The maximum Gasteiger partial charge on any atom is 0.232 e. The van der Waals surface area contributed by atoms with Crippen molar-refractivity contribution in [1.29, 1.82) is 0 Å². The quantitative estimate of drug-likeness (QED) is 0.775. The van der Waals surface area contributed by atoms with E-state index in [4.69, 9.17) is 18.0 Å². The number of rotatable bonds is 6. The van der Waals surface area contributed by atoms with Crippen LogP contribution in [0.15, 0.2) is 24.3 Å². The molecule has 6 heteroatoms. The number of benzene rings is 1. The minimum Gasteiger partial charge on any atom is -0.389 e. The van der Waals surface area contributed by atoms with Gasteiger partial charge < -0.3 is 5.73 Å². The van der Waals surface area contributed by atoms with Crippen LogP contribution in [0.3, 0.4) is 0 Å². The van der Waals surface area contributed by atoms with Gasteiger partial charge in [-0.2, -0.15) is 0 Å². The molecule has 1 rings (SSSR count). The monoisotopic (exact) mass is 272 g/mol. The van der Waals surface area contributed by atoms with E-state index in [0.717, 1.165) is 6.42 Å². The maximum atomic E-state index is 11.7. The molecular weight excluding hydrogens is 256 g/mol. The van der Waals surface area contributed by atoms with Crippen LogP contribution in [0.1, 0.15) is 25.3 Å². The summed E-state index contributed by atoms with van der Waals surface area (Å²) in [6.45, 7) is 1.94. The Bertz CT molecular complexity index is 498. The molecule has 0 heterocycles. The van der Waals surface area contributed by atoms with E-state index < -0.39 is 10.0 Å². The molecule has 3 N–H and O–H groups in total. The second-order valence-electron chi connectivity index (χ2n) is 3.68. The summed E-state index contributed by atoms with van der Waals surface area (Å²) in [5, 5.41) is 0. The lowest BCUT2D eigenvalue weighted by atomic mass is 10.2. The van der Waals surface area contributed by atoms with Gasteiger partial charge in [-0.05, 0) is 18.6 Å². The van der Waals surface area contributed by atoms with E-state index in [9.17, 15) is 8.42 Å². The molecule has 0 aliphatic carbocycles. The number of nitrogens with two attached hydrogens (primary N) is 1. The Hall–Kier alpha value is -1.14. The topological polar surface area (TPSA) is 72.2 Å². The van der Waals surface area contributed by atoms with Gasteiger partial charge in [-0.3, -0.25) is 4.72 Å². The molecule has 1 aromatic rings. The summed E-state index contributed by atoms with van der Waals surface area (Å²) in [6, 6.07) is 6.84. The summed E-state index contributed by atoms with van der Waals surface area (Å²) in [5.74, 6) is 0.106. The minimum absolute atomic E-state index is 0.106. The number of hydrogen-bond acceptors (Lipinski definition) is 3. The Morgan fingerprint density at radius 1 is 1.41 bits per heavy atom. The van der Waals surface area contributed by atoms with E-state index in [1.807, 2.05) is 6.92 Å². The molecule has 0 spiro atoms. The van der Waals surface area contributed by atoms with Gasteiger partial charge in [0.1, 0.15) is 4.99 Å². The third kappa shape index (κ3) is 4.32. The molecule has 4 nitrogen and oxygen atoms in total. The number of para-hydroxylation sites is 1. The molecule has 0 bridgehead atoms. The zero-order chi connectivity index (χ0) is 12.9. The van der Waals surface area contributed by atoms with Crippen molar-refractivity contribution in [3.8, 4) is 0 Å². The van der Waals surface area contributed by atoms with Crippen molar-refractivity contribution in [3.05, 3.63) is 29.8 Å². The van der Waals surface area contributed by atoms with Gasteiger partial charge in [0.25, 0.3) is 0 Å². The zero-order valence-electron chi connectivity index (χ0n) is 9.64. The summed E-state index contributed by atoms with van der Waals surface area (Å²) in [7, 11) is -3.32. The van der Waals surface area contributed by atoms with Gasteiger partial charge in [0, 0.05) is 5.56 Å². The van der Waals surface area contributed by atoms with Crippen LogP contribution in [-0.2, 0) is 10.0 Å². The Morgan fingerprint density at radius 3 is 2.65 bits per heavy atom. The molecule has 0 aliphatic rings. The van der Waals surface area contributed by atoms with E-state index in [-0.39, 0.29) is 10.7 Å². The Balaban J connectivity index is 2.92. The number of thiocarbonyl (C=S) groups is 1. The largest absolute Gasteiger partial charge is 0.389 e. The van der Waals surface area contributed by atoms with Crippen molar-refractivity contribution >= 4 is 32.9 Å². The maximum absolute atomic E-state index is 11.7. The van der Waals surface area contributed by atoms with Crippen molar-refractivity contribution in [2.24, 2.45) is 5.73 Å². The summed E-state index contributed by atoms with van der Waals surface area (Å²) in [4.78, 5) is 0.179. The van der Waals surface area contributed by atoms with E-state index >= 15 is 0 Å². The first-order valence-corrected chi connectivity index (χ1v) is 7.41. The standard InChI is InChI=1S/C11H16N2O2S2/c1-2-3-8-17(14,15)13-10-7-5-4-6-9(10)11(12)16/h4-7,13H,2-3,8H2,1H3,(H2,12,16). The zero-order valence-corrected chi connectivity index (χ0v) is 11.3. The van der Waals surface area contributed by atoms with Crippen LogP contribution in [0.4, 0.5) is 5.69 Å². The third-order valence-electron chi connectivity index (χ3n) is 2.22. The number of unbranched alkanes of at least 4 members (excludes halogenated alkanes) is 1. The molecule has 1 aromatic carbocycles. The lowest BCUT2D eigenvalue weighted by Crippen LogP contribution is -2.20. The van der Waals surface area contributed by atoms with Crippen molar-refractivity contribution in [2.75, 3.05) is 10.5 Å². The summed E-state index contributed by atoms with van der Waals surface area (Å²) < 4.78 is 26.0. The predicted molar refractivity (Wildman–Crippen MR) is 74.6 cm³/mol. The number of sulfonamides is 1. The van der Waals surface area contributed by atoms with Gasteiger partial charge in [0.2, 0.25) is 10.0 Å². The minimum atomic E-state index is -3.32. The van der Waals surface area contributed by atoms with Crippen LogP contribution < -0.4 is 10.5 Å². The molecule has 0 unspecified atom stereocenters. The van der Waals surface area contributed by atoms with E-state index in [0.29, 0.717) is 17.7 Å². The van der Waals surface area contributed by atoms with Crippen molar-refractivity contribution in [2.45, 2.75) is 19.8 Å². The molecule has 0 saturated heterocycles. The summed E-state index contributed by atoms with van der Waals surface area (Å²) in [6.07, 6.45) is 1.46. The molecule has 0 aliphatic heterocycles. The second kappa shape index (κ2) is 5.97. The second-order valence-corrected chi connectivity index (χ2v) is 5.97. The summed E-state index contributed by atoms with van der Waals surface area (Å²) >= 11 is 4.87. The lowest BCUT2D eigenvalue weighted by molar-refractivity contribution is 0.598. The molecular formula is C11H16N2O2S2. The van der Waals surface area contributed by atoms with Crippen molar-refractivity contribution < 1.29 is 8.42 Å². The fourth-order valence-corrected chi connectivity index (χ4v) is 2.80. The van der Waals surface area contributed by atoms with Crippen molar-refractivity contribution in [1.82, 2.24) is 0 Å². The van der Waals surface area contributed by atoms with E-state index in [1.165, 1.54) is 0 Å². The number of nitrogens with one attached hydrogen (secondary N) is 1. The van der Waals surface area contributed by atoms with Crippen LogP contribution in [0, 0.1) is 0 Å². The molecule has 94 valence electrons. The fraction of sp³-hybridized carbons (Fsp3) is 0.364. The average Bonchev–Trinajstić information content (AvgIpc) is 2.26. The lowest BCUT2D eigenvalue weighted by Gasteiger charge is -2.11. The molecule has 0 fully saturated rings. The fourth-order valence-electron chi connectivity index (χ4n) is 1.34. The Morgan fingerprint density at radius 2 is 2.06 bits per heavy atom. The van der Waals surface area contributed by atoms with Gasteiger partial charge in [-0.1, -0.05) is 37.7 Å². The molecule has 0 atom stereocenters. The molecule has 0 aromatic heterocycles. The number of anilines is 1. The summed E-state index contributed by atoms with van der Waals surface area (Å²) in [5.41, 5.74) is 6.52. The van der Waals surface area contributed by atoms with Crippen LogP contribution in [0.25, 0.3) is 0 Å². The highest BCUT2D eigenvalue weighted by atomic mass is 32.2. The average molecular weight is 272 g/mol. The highest BCUT2D eigenvalue weighted by molar-refractivity contribution is 7.92. The van der Waals surface area contributed by atoms with Gasteiger partial charge in [0.15, 0.2) is 0 Å².